The summed E-state index contributed by atoms with van der Waals surface area (Å²) in [5.41, 5.74) is -0.464. The van der Waals surface area contributed by atoms with Crippen molar-refractivity contribution in [1.29, 1.82) is 0 Å². The van der Waals surface area contributed by atoms with E-state index in [0.29, 0.717) is 26.2 Å². The fraction of sp³-hybridized carbons (Fsp3) is 0.348. The lowest BCUT2D eigenvalue weighted by atomic mass is 10.0. The van der Waals surface area contributed by atoms with Crippen molar-refractivity contribution in [2.75, 3.05) is 45.1 Å². The molecule has 4 amide bonds. The highest BCUT2D eigenvalue weighted by molar-refractivity contribution is 5.97. The number of halogens is 3. The Kier molecular flexibility index (Phi) is 8.24. The highest BCUT2D eigenvalue weighted by atomic mass is 19.4. The molecule has 1 aliphatic heterocycles. The van der Waals surface area contributed by atoms with Crippen molar-refractivity contribution in [2.24, 2.45) is 0 Å². The Labute approximate surface area is 195 Å². The molecular weight excluding hydrogens is 451 g/mol. The van der Waals surface area contributed by atoms with Gasteiger partial charge in [0.1, 0.15) is 6.04 Å². The first-order valence-electron chi connectivity index (χ1n) is 10.7. The van der Waals surface area contributed by atoms with Crippen LogP contribution in [-0.2, 0) is 15.8 Å². The quantitative estimate of drug-likeness (QED) is 0.595. The molecule has 1 atom stereocenters. The van der Waals surface area contributed by atoms with E-state index in [0.717, 1.165) is 11.6 Å². The van der Waals surface area contributed by atoms with Crippen LogP contribution in [0, 0.1) is 0 Å². The summed E-state index contributed by atoms with van der Waals surface area (Å²) >= 11 is 0. The van der Waals surface area contributed by atoms with Gasteiger partial charge >= 0.3 is 12.2 Å². The number of carbonyl (C=O) groups is 3. The third-order valence-electron chi connectivity index (χ3n) is 5.47. The Morgan fingerprint density at radius 1 is 0.941 bits per heavy atom. The van der Waals surface area contributed by atoms with Gasteiger partial charge in [-0.15, -0.1) is 0 Å². The number of anilines is 1. The molecule has 1 saturated heterocycles. The topological polar surface area (TPSA) is 93.8 Å². The number of carbonyl (C=O) groups excluding carboxylic acids is 3. The van der Waals surface area contributed by atoms with E-state index in [2.05, 4.69) is 16.0 Å². The average molecular weight is 477 g/mol. The molecule has 0 bridgehead atoms. The number of hydrogen-bond donors (Lipinski definition) is 3. The fourth-order valence-corrected chi connectivity index (χ4v) is 3.82. The van der Waals surface area contributed by atoms with E-state index in [1.54, 1.807) is 29.2 Å². The largest absolute Gasteiger partial charge is 0.418 e. The number of benzene rings is 2. The molecule has 11 heteroatoms. The Hall–Kier alpha value is -3.44. The number of imide groups is 1. The molecule has 8 nitrogen and oxygen atoms in total. The molecule has 34 heavy (non-hydrogen) atoms. The SMILES string of the molecule is CNC(=O)NC(=O)C(c1ccccc1)N1CCN(CC(=O)Nc2ccccc2C(F)(F)F)CC1. The van der Waals surface area contributed by atoms with Crippen LogP contribution in [0.3, 0.4) is 0 Å². The molecule has 0 aliphatic carbocycles. The Morgan fingerprint density at radius 2 is 1.56 bits per heavy atom. The van der Waals surface area contributed by atoms with Crippen LogP contribution in [-0.4, -0.2) is 67.4 Å². The number of hydrogen-bond acceptors (Lipinski definition) is 5. The highest BCUT2D eigenvalue weighted by Gasteiger charge is 2.34. The summed E-state index contributed by atoms with van der Waals surface area (Å²) in [6.07, 6.45) is -4.57. The smallest absolute Gasteiger partial charge is 0.341 e. The maximum absolute atomic E-state index is 13.2. The van der Waals surface area contributed by atoms with E-state index in [-0.39, 0.29) is 12.2 Å². The minimum Gasteiger partial charge on any atom is -0.341 e. The monoisotopic (exact) mass is 477 g/mol. The van der Waals surface area contributed by atoms with Crippen molar-refractivity contribution in [2.45, 2.75) is 12.2 Å². The molecule has 0 aromatic heterocycles. The second-order valence-electron chi connectivity index (χ2n) is 7.79. The molecule has 1 aliphatic rings. The summed E-state index contributed by atoms with van der Waals surface area (Å²) in [7, 11) is 1.41. The molecule has 3 N–H and O–H groups in total. The lowest BCUT2D eigenvalue weighted by Gasteiger charge is -2.38. The van der Waals surface area contributed by atoms with Crippen LogP contribution >= 0.6 is 0 Å². The molecule has 3 rings (SSSR count). The molecule has 2 aromatic rings. The lowest BCUT2D eigenvalue weighted by molar-refractivity contribution is -0.137. The van der Waals surface area contributed by atoms with Gasteiger partial charge in [-0.2, -0.15) is 13.2 Å². The summed E-state index contributed by atoms with van der Waals surface area (Å²) in [5, 5.41) is 7.02. The number of piperazine rings is 1. The van der Waals surface area contributed by atoms with E-state index in [9.17, 15) is 27.6 Å². The van der Waals surface area contributed by atoms with Gasteiger partial charge in [0.15, 0.2) is 0 Å². The normalized spacial score (nSPS) is 15.9. The van der Waals surface area contributed by atoms with Gasteiger partial charge in [0, 0.05) is 33.2 Å². The van der Waals surface area contributed by atoms with Gasteiger partial charge in [0.25, 0.3) is 0 Å². The second kappa shape index (κ2) is 11.1. The van der Waals surface area contributed by atoms with Crippen molar-refractivity contribution < 1.29 is 27.6 Å². The maximum Gasteiger partial charge on any atom is 0.418 e. The Balaban J connectivity index is 1.61. The summed E-state index contributed by atoms with van der Waals surface area (Å²) in [5.74, 6) is -1.03. The van der Waals surface area contributed by atoms with E-state index >= 15 is 0 Å². The van der Waals surface area contributed by atoms with Crippen molar-refractivity contribution in [3.8, 4) is 0 Å². The molecule has 1 unspecified atom stereocenters. The molecule has 1 heterocycles. The summed E-state index contributed by atoms with van der Waals surface area (Å²) in [6.45, 7) is 1.61. The van der Waals surface area contributed by atoms with E-state index in [1.807, 2.05) is 11.0 Å². The van der Waals surface area contributed by atoms with Crippen LogP contribution in [0.25, 0.3) is 0 Å². The molecule has 2 aromatic carbocycles. The predicted molar refractivity (Wildman–Crippen MR) is 120 cm³/mol. The Bertz CT molecular complexity index is 1010. The second-order valence-corrected chi connectivity index (χ2v) is 7.79. The van der Waals surface area contributed by atoms with Gasteiger partial charge in [0.2, 0.25) is 11.8 Å². The first kappa shape index (κ1) is 25.2. The molecule has 0 radical (unpaired) electrons. The number of rotatable bonds is 6. The number of alkyl halides is 3. The standard InChI is InChI=1S/C23H26F3N5O3/c1-27-22(34)29-21(33)20(16-7-3-2-4-8-16)31-13-11-30(12-14-31)15-19(32)28-18-10-6-5-9-17(18)23(24,25)26/h2-10,20H,11-15H2,1H3,(H,28,32)(H2,27,29,33,34). The van der Waals surface area contributed by atoms with E-state index in [4.69, 9.17) is 0 Å². The molecule has 0 spiro atoms. The number of nitrogens with one attached hydrogen (secondary N) is 3. The van der Waals surface area contributed by atoms with Crippen LogP contribution in [0.15, 0.2) is 54.6 Å². The number of amides is 4. The zero-order valence-corrected chi connectivity index (χ0v) is 18.6. The first-order chi connectivity index (χ1) is 16.2. The van der Waals surface area contributed by atoms with Crippen LogP contribution in [0.2, 0.25) is 0 Å². The van der Waals surface area contributed by atoms with Crippen molar-refractivity contribution in [1.82, 2.24) is 20.4 Å². The predicted octanol–water partition coefficient (Wildman–Crippen LogP) is 2.46. The van der Waals surface area contributed by atoms with Gasteiger partial charge in [0.05, 0.1) is 17.8 Å². The van der Waals surface area contributed by atoms with E-state index in [1.165, 1.54) is 25.2 Å². The zero-order chi connectivity index (χ0) is 24.7. The van der Waals surface area contributed by atoms with Gasteiger partial charge in [-0.1, -0.05) is 42.5 Å². The zero-order valence-electron chi connectivity index (χ0n) is 18.6. The van der Waals surface area contributed by atoms with Crippen molar-refractivity contribution in [3.63, 3.8) is 0 Å². The summed E-state index contributed by atoms with van der Waals surface area (Å²) in [4.78, 5) is 40.6. The van der Waals surface area contributed by atoms with Crippen LogP contribution in [0.1, 0.15) is 17.2 Å². The van der Waals surface area contributed by atoms with Gasteiger partial charge in [-0.25, -0.2) is 4.79 Å². The molecular formula is C23H26F3N5O3. The van der Waals surface area contributed by atoms with Crippen LogP contribution in [0.5, 0.6) is 0 Å². The van der Waals surface area contributed by atoms with Crippen molar-refractivity contribution in [3.05, 3.63) is 65.7 Å². The maximum atomic E-state index is 13.2. The number of nitrogens with zero attached hydrogens (tertiary/aromatic N) is 2. The molecule has 182 valence electrons. The van der Waals surface area contributed by atoms with Crippen LogP contribution < -0.4 is 16.0 Å². The Morgan fingerprint density at radius 3 is 2.18 bits per heavy atom. The summed E-state index contributed by atoms with van der Waals surface area (Å²) in [6, 6.07) is 12.5. The molecule has 0 saturated carbocycles. The van der Waals surface area contributed by atoms with E-state index < -0.39 is 35.6 Å². The van der Waals surface area contributed by atoms with Gasteiger partial charge in [-0.3, -0.25) is 24.7 Å². The number of para-hydroxylation sites is 1. The summed E-state index contributed by atoms with van der Waals surface area (Å²) < 4.78 is 39.5. The highest BCUT2D eigenvalue weighted by Crippen LogP contribution is 2.34. The van der Waals surface area contributed by atoms with Gasteiger partial charge in [-0.05, 0) is 17.7 Å². The minimum atomic E-state index is -4.57. The minimum absolute atomic E-state index is 0.0829. The third-order valence-corrected chi connectivity index (χ3v) is 5.47. The average Bonchev–Trinajstić information content (AvgIpc) is 2.80. The van der Waals surface area contributed by atoms with Crippen molar-refractivity contribution >= 4 is 23.5 Å². The fourth-order valence-electron chi connectivity index (χ4n) is 3.82. The lowest BCUT2D eigenvalue weighted by Crippen LogP contribution is -2.53. The number of urea groups is 1. The first-order valence-corrected chi connectivity index (χ1v) is 10.7. The molecule has 1 fully saturated rings. The van der Waals surface area contributed by atoms with Gasteiger partial charge < -0.3 is 10.6 Å². The van der Waals surface area contributed by atoms with Crippen LogP contribution in [0.4, 0.5) is 23.7 Å². The third kappa shape index (κ3) is 6.55.